The molecule has 3 aliphatic rings. The number of primary amides is 1. The maximum atomic E-state index is 13.9. The van der Waals surface area contributed by atoms with E-state index < -0.39 is 64.0 Å². The molecule has 0 spiro atoms. The Morgan fingerprint density at radius 3 is 2.46 bits per heavy atom. The van der Waals surface area contributed by atoms with Gasteiger partial charge in [0.2, 0.25) is 5.78 Å². The van der Waals surface area contributed by atoms with Gasteiger partial charge in [0.1, 0.15) is 22.8 Å². The summed E-state index contributed by atoms with van der Waals surface area (Å²) in [6.07, 6.45) is 0.103. The van der Waals surface area contributed by atoms with E-state index in [1.165, 1.54) is 11.0 Å². The van der Waals surface area contributed by atoms with Crippen molar-refractivity contribution in [2.24, 2.45) is 17.6 Å². The van der Waals surface area contributed by atoms with E-state index in [9.17, 15) is 39.6 Å². The van der Waals surface area contributed by atoms with E-state index in [0.717, 1.165) is 0 Å². The number of allylic oxidation sites excluding steroid dienone is 1. The lowest BCUT2D eigenvalue weighted by atomic mass is 9.58. The summed E-state index contributed by atoms with van der Waals surface area (Å²) in [4.78, 5) is 53.3. The van der Waals surface area contributed by atoms with Gasteiger partial charge in [0.15, 0.2) is 11.4 Å². The number of likely N-dealkylation sites (N-methyl/N-ethyl adjacent to an activating group) is 1. The molecule has 0 saturated heterocycles. The standard InChI is InChI=1S/C30H30N2O9/c1-4-41-29(39)14-7-5-6-13(10-14)16-8-9-19(33)21-17(16)11-15-12-18-23(32(2)3)25(35)22(28(31)38)27(37)30(18,40)26(36)20(15)24(21)34/h5-10,15,18,23,33,35-36,40H,4,11-12H2,1-3H3,(H2,31,38)/t15-,18-,23-,30+/m1/s1. The Kier molecular flexibility index (Phi) is 6.75. The zero-order valence-corrected chi connectivity index (χ0v) is 22.7. The number of rotatable bonds is 5. The lowest BCUT2D eigenvalue weighted by molar-refractivity contribution is -0.148. The molecule has 1 amide bonds. The lowest BCUT2D eigenvalue weighted by Crippen LogP contribution is -2.63. The second-order valence-corrected chi connectivity index (χ2v) is 10.8. The Bertz CT molecular complexity index is 1590. The van der Waals surface area contributed by atoms with Crippen LogP contribution in [0, 0.1) is 11.8 Å². The zero-order chi connectivity index (χ0) is 30.0. The van der Waals surface area contributed by atoms with Crippen LogP contribution < -0.4 is 5.73 Å². The molecule has 2 aromatic rings. The Hall–Kier alpha value is -4.48. The van der Waals surface area contributed by atoms with Crippen LogP contribution >= 0.6 is 0 Å². The molecule has 5 rings (SSSR count). The van der Waals surface area contributed by atoms with Gasteiger partial charge in [0, 0.05) is 11.5 Å². The number of hydrogen-bond acceptors (Lipinski definition) is 10. The van der Waals surface area contributed by atoms with E-state index in [1.807, 2.05) is 0 Å². The molecular weight excluding hydrogens is 532 g/mol. The number of aliphatic hydroxyl groups is 3. The number of ether oxygens (including phenoxy) is 1. The van der Waals surface area contributed by atoms with Gasteiger partial charge in [0.25, 0.3) is 5.91 Å². The molecule has 0 fully saturated rings. The number of aromatic hydroxyl groups is 1. The molecule has 0 unspecified atom stereocenters. The van der Waals surface area contributed by atoms with Gasteiger partial charge in [-0.1, -0.05) is 18.2 Å². The van der Waals surface area contributed by atoms with Crippen LogP contribution in [0.5, 0.6) is 5.75 Å². The highest BCUT2D eigenvalue weighted by atomic mass is 16.5. The molecule has 4 atom stereocenters. The van der Waals surface area contributed by atoms with Crippen LogP contribution in [0.2, 0.25) is 0 Å². The number of aliphatic hydroxyl groups excluding tert-OH is 2. The van der Waals surface area contributed by atoms with Crippen molar-refractivity contribution in [3.8, 4) is 16.9 Å². The summed E-state index contributed by atoms with van der Waals surface area (Å²) in [5.74, 6) is -7.62. The van der Waals surface area contributed by atoms with Crippen LogP contribution in [-0.2, 0) is 20.7 Å². The third kappa shape index (κ3) is 4.03. The number of nitrogens with zero attached hydrogens (tertiary/aromatic N) is 1. The van der Waals surface area contributed by atoms with E-state index in [4.69, 9.17) is 10.5 Å². The average Bonchev–Trinajstić information content (AvgIpc) is 2.90. The molecule has 6 N–H and O–H groups in total. The van der Waals surface area contributed by atoms with Crippen molar-refractivity contribution in [1.29, 1.82) is 0 Å². The monoisotopic (exact) mass is 562 g/mol. The number of carbonyl (C=O) groups is 4. The fourth-order valence-electron chi connectivity index (χ4n) is 6.55. The van der Waals surface area contributed by atoms with Gasteiger partial charge in [-0.3, -0.25) is 19.3 Å². The van der Waals surface area contributed by atoms with Gasteiger partial charge in [-0.25, -0.2) is 4.79 Å². The van der Waals surface area contributed by atoms with Crippen LogP contribution in [0.4, 0.5) is 0 Å². The second-order valence-electron chi connectivity index (χ2n) is 10.8. The number of ketones is 2. The summed E-state index contributed by atoms with van der Waals surface area (Å²) in [7, 11) is 3.14. The number of nitrogens with two attached hydrogens (primary N) is 1. The van der Waals surface area contributed by atoms with Gasteiger partial charge in [0.05, 0.1) is 23.8 Å². The first-order chi connectivity index (χ1) is 19.3. The van der Waals surface area contributed by atoms with E-state index in [1.54, 1.807) is 51.4 Å². The van der Waals surface area contributed by atoms with E-state index in [-0.39, 0.29) is 36.3 Å². The minimum absolute atomic E-state index is 0.0241. The van der Waals surface area contributed by atoms with Gasteiger partial charge < -0.3 is 30.9 Å². The van der Waals surface area contributed by atoms with E-state index in [2.05, 4.69) is 0 Å². The highest BCUT2D eigenvalue weighted by Crippen LogP contribution is 2.53. The highest BCUT2D eigenvalue weighted by Gasteiger charge is 2.63. The number of benzene rings is 2. The van der Waals surface area contributed by atoms with Crippen LogP contribution in [0.3, 0.4) is 0 Å². The van der Waals surface area contributed by atoms with Crippen molar-refractivity contribution >= 4 is 23.4 Å². The fourth-order valence-corrected chi connectivity index (χ4v) is 6.55. The van der Waals surface area contributed by atoms with Gasteiger partial charge in [-0.2, -0.15) is 0 Å². The van der Waals surface area contributed by atoms with Gasteiger partial charge >= 0.3 is 5.97 Å². The highest BCUT2D eigenvalue weighted by molar-refractivity contribution is 6.25. The first-order valence-electron chi connectivity index (χ1n) is 13.1. The molecule has 214 valence electrons. The molecule has 0 heterocycles. The zero-order valence-electron chi connectivity index (χ0n) is 22.7. The number of Topliss-reactive ketones (excluding diaryl/α,β-unsaturated/α-hetero) is 2. The normalized spacial score (nSPS) is 25.5. The predicted octanol–water partition coefficient (Wildman–Crippen LogP) is 1.96. The first kappa shape index (κ1) is 28.1. The largest absolute Gasteiger partial charge is 0.510 e. The number of hydrogen-bond donors (Lipinski definition) is 5. The Morgan fingerprint density at radius 2 is 1.83 bits per heavy atom. The van der Waals surface area contributed by atoms with Crippen molar-refractivity contribution < 1.29 is 44.3 Å². The maximum absolute atomic E-state index is 13.9. The Balaban J connectivity index is 1.68. The molecule has 11 nitrogen and oxygen atoms in total. The minimum Gasteiger partial charge on any atom is -0.510 e. The van der Waals surface area contributed by atoms with E-state index in [0.29, 0.717) is 22.3 Å². The molecular formula is C30H30N2O9. The summed E-state index contributed by atoms with van der Waals surface area (Å²) >= 11 is 0. The summed E-state index contributed by atoms with van der Waals surface area (Å²) in [5.41, 5.74) is 3.38. The molecule has 0 aromatic heterocycles. The molecule has 41 heavy (non-hydrogen) atoms. The summed E-state index contributed by atoms with van der Waals surface area (Å²) in [6.45, 7) is 1.89. The minimum atomic E-state index is -2.70. The second kappa shape index (κ2) is 9.86. The fraction of sp³-hybridized carbons (Fsp3) is 0.333. The quantitative estimate of drug-likeness (QED) is 0.266. The molecule has 0 aliphatic heterocycles. The molecule has 0 radical (unpaired) electrons. The number of carbonyl (C=O) groups excluding carboxylic acids is 4. The summed E-state index contributed by atoms with van der Waals surface area (Å²) in [6, 6.07) is 8.50. The summed E-state index contributed by atoms with van der Waals surface area (Å²) < 4.78 is 5.10. The van der Waals surface area contributed by atoms with Crippen LogP contribution in [-0.4, -0.2) is 81.1 Å². The third-order valence-corrected chi connectivity index (χ3v) is 8.29. The van der Waals surface area contributed by atoms with Crippen molar-refractivity contribution in [2.45, 2.75) is 31.4 Å². The smallest absolute Gasteiger partial charge is 0.338 e. The third-order valence-electron chi connectivity index (χ3n) is 8.29. The van der Waals surface area contributed by atoms with E-state index >= 15 is 0 Å². The number of amides is 1. The Morgan fingerprint density at radius 1 is 1.12 bits per heavy atom. The average molecular weight is 563 g/mol. The van der Waals surface area contributed by atoms with Crippen molar-refractivity contribution in [3.63, 3.8) is 0 Å². The van der Waals surface area contributed by atoms with Gasteiger partial charge in [-0.05, 0) is 74.7 Å². The van der Waals surface area contributed by atoms with Crippen molar-refractivity contribution in [1.82, 2.24) is 4.90 Å². The SMILES string of the molecule is CCOC(=O)c1cccc(-c2ccc(O)c3c2C[C@@H]2C[C@@H]4[C@@H](N(C)C)C(O)=C(C(N)=O)C(=O)[C@@]4(O)C(O)=C2C3=O)c1. The molecule has 3 aliphatic carbocycles. The number of phenols is 1. The lowest BCUT2D eigenvalue weighted by Gasteiger charge is -2.50. The molecule has 11 heteroatoms. The van der Waals surface area contributed by atoms with Crippen molar-refractivity contribution in [3.05, 3.63) is 75.8 Å². The van der Waals surface area contributed by atoms with Gasteiger partial charge in [-0.15, -0.1) is 0 Å². The topological polar surface area (TPSA) is 188 Å². The molecule has 0 saturated carbocycles. The predicted molar refractivity (Wildman–Crippen MR) is 145 cm³/mol. The first-order valence-corrected chi connectivity index (χ1v) is 13.1. The number of phenolic OH excluding ortho intramolecular Hbond substituents is 1. The summed E-state index contributed by atoms with van der Waals surface area (Å²) in [5, 5.41) is 44.8. The maximum Gasteiger partial charge on any atom is 0.338 e. The van der Waals surface area contributed by atoms with Crippen LogP contribution in [0.25, 0.3) is 11.1 Å². The Labute approximate surface area is 235 Å². The molecule has 2 aromatic carbocycles. The van der Waals surface area contributed by atoms with Crippen molar-refractivity contribution in [2.75, 3.05) is 20.7 Å². The molecule has 0 bridgehead atoms. The number of esters is 1. The van der Waals surface area contributed by atoms with Crippen LogP contribution in [0.15, 0.2) is 59.1 Å². The number of fused-ring (bicyclic) bond motifs is 3. The van der Waals surface area contributed by atoms with Crippen LogP contribution in [0.1, 0.15) is 39.6 Å².